The molecule has 0 aliphatic heterocycles. The number of aryl methyl sites for hydroxylation is 1. The van der Waals surface area contributed by atoms with Crippen LogP contribution in [0.1, 0.15) is 18.1 Å². The molecule has 0 spiro atoms. The van der Waals surface area contributed by atoms with E-state index in [4.69, 9.17) is 4.74 Å². The highest BCUT2D eigenvalue weighted by molar-refractivity contribution is 5.59. The Labute approximate surface area is 83.6 Å². The lowest BCUT2D eigenvalue weighted by molar-refractivity contribution is 0.0535. The van der Waals surface area contributed by atoms with Gasteiger partial charge in [0.15, 0.2) is 0 Å². The molecule has 0 unspecified atom stereocenters. The van der Waals surface area contributed by atoms with Crippen molar-refractivity contribution in [1.82, 2.24) is 0 Å². The van der Waals surface area contributed by atoms with Crippen LogP contribution >= 0.6 is 0 Å². The Hall–Kier alpha value is -1.51. The average molecular weight is 194 g/mol. The summed E-state index contributed by atoms with van der Waals surface area (Å²) >= 11 is 0. The van der Waals surface area contributed by atoms with Gasteiger partial charge in [0.05, 0.1) is 6.61 Å². The van der Waals surface area contributed by atoms with Crippen molar-refractivity contribution in [2.45, 2.75) is 20.5 Å². The number of carbonyl (C=O) groups is 1. The van der Waals surface area contributed by atoms with Crippen LogP contribution in [0.15, 0.2) is 24.3 Å². The molecule has 76 valence electrons. The third-order valence-corrected chi connectivity index (χ3v) is 1.87. The molecule has 0 saturated heterocycles. The molecule has 0 radical (unpaired) electrons. The molecule has 0 atom stereocenters. The average Bonchev–Trinajstić information content (AvgIpc) is 2.17. The first-order valence-corrected chi connectivity index (χ1v) is 4.58. The summed E-state index contributed by atoms with van der Waals surface area (Å²) in [6.07, 6.45) is -0.615. The van der Waals surface area contributed by atoms with Crippen LogP contribution in [0.3, 0.4) is 0 Å². The van der Waals surface area contributed by atoms with Gasteiger partial charge in [-0.25, -0.2) is 4.79 Å². The van der Waals surface area contributed by atoms with E-state index in [-0.39, 0.29) is 6.61 Å². The fourth-order valence-electron chi connectivity index (χ4n) is 1.07. The highest BCUT2D eigenvalue weighted by Crippen LogP contribution is 2.08. The normalized spacial score (nSPS) is 9.57. The maximum atomic E-state index is 10.9. The van der Waals surface area contributed by atoms with Crippen LogP contribution in [-0.4, -0.2) is 12.8 Å². The number of ether oxygens (including phenoxy) is 2. The van der Waals surface area contributed by atoms with Crippen molar-refractivity contribution in [1.29, 1.82) is 0 Å². The van der Waals surface area contributed by atoms with E-state index < -0.39 is 6.16 Å². The fraction of sp³-hybridized carbons (Fsp3) is 0.364. The van der Waals surface area contributed by atoms with E-state index in [1.54, 1.807) is 6.92 Å². The van der Waals surface area contributed by atoms with E-state index in [1.165, 1.54) is 0 Å². The molecule has 3 nitrogen and oxygen atoms in total. The molecule has 0 heterocycles. The summed E-state index contributed by atoms with van der Waals surface area (Å²) in [5.41, 5.74) is 2.11. The van der Waals surface area contributed by atoms with Gasteiger partial charge in [0.1, 0.15) is 6.61 Å². The summed E-state index contributed by atoms with van der Waals surface area (Å²) < 4.78 is 9.53. The molecule has 1 aromatic rings. The van der Waals surface area contributed by atoms with Gasteiger partial charge in [-0.1, -0.05) is 24.3 Å². The van der Waals surface area contributed by atoms with Gasteiger partial charge in [-0.05, 0) is 25.0 Å². The second-order valence-electron chi connectivity index (χ2n) is 2.90. The summed E-state index contributed by atoms with van der Waals surface area (Å²) in [7, 11) is 0. The van der Waals surface area contributed by atoms with E-state index in [0.717, 1.165) is 11.1 Å². The summed E-state index contributed by atoms with van der Waals surface area (Å²) in [5, 5.41) is 0. The predicted molar refractivity (Wildman–Crippen MR) is 53.0 cm³/mol. The maximum absolute atomic E-state index is 10.9. The van der Waals surface area contributed by atoms with Crippen LogP contribution in [0.4, 0.5) is 4.79 Å². The number of carbonyl (C=O) groups excluding carboxylic acids is 1. The Balaban J connectivity index is 2.46. The van der Waals surface area contributed by atoms with Crippen molar-refractivity contribution in [3.63, 3.8) is 0 Å². The zero-order valence-corrected chi connectivity index (χ0v) is 8.45. The van der Waals surface area contributed by atoms with Crippen LogP contribution in [0.5, 0.6) is 0 Å². The van der Waals surface area contributed by atoms with Crippen LogP contribution < -0.4 is 0 Å². The van der Waals surface area contributed by atoms with Crippen molar-refractivity contribution >= 4 is 6.16 Å². The lowest BCUT2D eigenvalue weighted by Gasteiger charge is -2.06. The van der Waals surface area contributed by atoms with E-state index in [1.807, 2.05) is 31.2 Å². The van der Waals surface area contributed by atoms with Crippen molar-refractivity contribution in [3.8, 4) is 0 Å². The Morgan fingerprint density at radius 3 is 2.64 bits per heavy atom. The second-order valence-corrected chi connectivity index (χ2v) is 2.90. The van der Waals surface area contributed by atoms with Gasteiger partial charge >= 0.3 is 6.16 Å². The molecule has 3 heteroatoms. The van der Waals surface area contributed by atoms with Gasteiger partial charge in [-0.3, -0.25) is 0 Å². The fourth-order valence-corrected chi connectivity index (χ4v) is 1.07. The Morgan fingerprint density at radius 2 is 2.00 bits per heavy atom. The predicted octanol–water partition coefficient (Wildman–Crippen LogP) is 2.67. The first-order valence-electron chi connectivity index (χ1n) is 4.58. The Bertz CT molecular complexity index is 307. The minimum Gasteiger partial charge on any atom is -0.435 e. The monoisotopic (exact) mass is 194 g/mol. The quantitative estimate of drug-likeness (QED) is 0.694. The molecule has 14 heavy (non-hydrogen) atoms. The van der Waals surface area contributed by atoms with Crippen LogP contribution in [0.2, 0.25) is 0 Å². The van der Waals surface area contributed by atoms with E-state index in [0.29, 0.717) is 6.61 Å². The van der Waals surface area contributed by atoms with Crippen molar-refractivity contribution in [3.05, 3.63) is 35.4 Å². The largest absolute Gasteiger partial charge is 0.508 e. The second kappa shape index (κ2) is 5.27. The standard InChI is InChI=1S/C11H14O3/c1-3-13-11(12)14-8-10-7-5-4-6-9(10)2/h4-7H,3,8H2,1-2H3. The summed E-state index contributed by atoms with van der Waals surface area (Å²) in [5.74, 6) is 0. The first-order chi connectivity index (χ1) is 6.74. The van der Waals surface area contributed by atoms with Crippen LogP contribution in [0, 0.1) is 6.92 Å². The molecule has 0 fully saturated rings. The minimum atomic E-state index is -0.615. The minimum absolute atomic E-state index is 0.269. The zero-order chi connectivity index (χ0) is 10.4. The topological polar surface area (TPSA) is 35.5 Å². The van der Waals surface area contributed by atoms with Crippen molar-refractivity contribution < 1.29 is 14.3 Å². The van der Waals surface area contributed by atoms with Gasteiger partial charge in [0.25, 0.3) is 0 Å². The number of hydrogen-bond acceptors (Lipinski definition) is 3. The lowest BCUT2D eigenvalue weighted by Crippen LogP contribution is -2.07. The molecule has 0 aliphatic carbocycles. The smallest absolute Gasteiger partial charge is 0.435 e. The van der Waals surface area contributed by atoms with Gasteiger partial charge < -0.3 is 9.47 Å². The van der Waals surface area contributed by atoms with Crippen LogP contribution in [-0.2, 0) is 16.1 Å². The Kier molecular flexibility index (Phi) is 3.98. The van der Waals surface area contributed by atoms with E-state index in [2.05, 4.69) is 4.74 Å². The summed E-state index contributed by atoms with van der Waals surface area (Å²) in [4.78, 5) is 10.9. The molecule has 0 bridgehead atoms. The summed E-state index contributed by atoms with van der Waals surface area (Å²) in [6, 6.07) is 7.76. The SMILES string of the molecule is CCOC(=O)OCc1ccccc1C. The van der Waals surface area contributed by atoms with E-state index >= 15 is 0 Å². The molecule has 0 aliphatic rings. The number of rotatable bonds is 3. The van der Waals surface area contributed by atoms with Crippen molar-refractivity contribution in [2.24, 2.45) is 0 Å². The highest BCUT2D eigenvalue weighted by Gasteiger charge is 2.03. The van der Waals surface area contributed by atoms with Crippen molar-refractivity contribution in [2.75, 3.05) is 6.61 Å². The summed E-state index contributed by atoms with van der Waals surface area (Å²) in [6.45, 7) is 4.33. The third-order valence-electron chi connectivity index (χ3n) is 1.87. The molecule has 0 amide bonds. The molecule has 0 aromatic heterocycles. The van der Waals surface area contributed by atoms with Gasteiger partial charge in [-0.2, -0.15) is 0 Å². The molecular weight excluding hydrogens is 180 g/mol. The number of benzene rings is 1. The molecule has 0 saturated carbocycles. The molecular formula is C11H14O3. The molecule has 0 N–H and O–H groups in total. The van der Waals surface area contributed by atoms with Gasteiger partial charge in [-0.15, -0.1) is 0 Å². The maximum Gasteiger partial charge on any atom is 0.508 e. The zero-order valence-electron chi connectivity index (χ0n) is 8.45. The lowest BCUT2D eigenvalue weighted by atomic mass is 10.1. The van der Waals surface area contributed by atoms with Crippen LogP contribution in [0.25, 0.3) is 0 Å². The van der Waals surface area contributed by atoms with Gasteiger partial charge in [0.2, 0.25) is 0 Å². The first kappa shape index (κ1) is 10.6. The van der Waals surface area contributed by atoms with E-state index in [9.17, 15) is 4.79 Å². The molecule has 1 aromatic carbocycles. The molecule has 1 rings (SSSR count). The van der Waals surface area contributed by atoms with Gasteiger partial charge in [0, 0.05) is 0 Å². The highest BCUT2D eigenvalue weighted by atomic mass is 16.7. The third kappa shape index (κ3) is 3.09. The number of hydrogen-bond donors (Lipinski definition) is 0. The Morgan fingerprint density at radius 1 is 1.29 bits per heavy atom.